The van der Waals surface area contributed by atoms with Gasteiger partial charge in [-0.25, -0.2) is 9.78 Å². The van der Waals surface area contributed by atoms with E-state index < -0.39 is 18.1 Å². The fraction of sp³-hybridized carbons (Fsp3) is 0.174. The van der Waals surface area contributed by atoms with Gasteiger partial charge in [-0.1, -0.05) is 42.5 Å². The van der Waals surface area contributed by atoms with Crippen LogP contribution in [0.2, 0.25) is 0 Å². The lowest BCUT2D eigenvalue weighted by atomic mass is 10.0. The fourth-order valence-electron chi connectivity index (χ4n) is 3.36. The van der Waals surface area contributed by atoms with E-state index >= 15 is 0 Å². The molecular formula is C23H22BrN5O3. The predicted octanol–water partition coefficient (Wildman–Crippen LogP) is 4.39. The summed E-state index contributed by atoms with van der Waals surface area (Å²) in [5.41, 5.74) is 3.28. The molecule has 0 aliphatic rings. The monoisotopic (exact) mass is 495 g/mol. The zero-order valence-corrected chi connectivity index (χ0v) is 19.1. The maximum Gasteiger partial charge on any atom is 0.331 e. The van der Waals surface area contributed by atoms with Crippen molar-refractivity contribution in [3.05, 3.63) is 65.3 Å². The number of aliphatic carboxylic acids is 1. The number of pyridine rings is 1. The van der Waals surface area contributed by atoms with Gasteiger partial charge in [0.1, 0.15) is 5.52 Å². The van der Waals surface area contributed by atoms with E-state index in [0.717, 1.165) is 21.3 Å². The van der Waals surface area contributed by atoms with E-state index in [9.17, 15) is 15.0 Å². The van der Waals surface area contributed by atoms with Gasteiger partial charge >= 0.3 is 5.97 Å². The molecule has 8 nitrogen and oxygen atoms in total. The number of rotatable bonds is 7. The number of carbonyl (C=O) groups is 1. The first-order valence-electron chi connectivity index (χ1n) is 9.88. The summed E-state index contributed by atoms with van der Waals surface area (Å²) >= 11 is 3.71. The molecule has 0 radical (unpaired) electrons. The van der Waals surface area contributed by atoms with Crippen molar-refractivity contribution in [3.63, 3.8) is 0 Å². The van der Waals surface area contributed by atoms with E-state index in [1.807, 2.05) is 48.5 Å². The molecule has 2 aromatic heterocycles. The lowest BCUT2D eigenvalue weighted by molar-refractivity contribution is -0.143. The number of halogens is 1. The standard InChI is InChI=1S/C23H22BrN5O3/c1-23(13-30,22(31)32)27-15-11-18-20(25-12-15)21(28-29(18)2)26-17-10-6-9-16(19(17)24)14-7-4-3-5-8-14/h3-12,27,30H,13H2,1-2H3,(H,26,28)(H,31,32). The summed E-state index contributed by atoms with van der Waals surface area (Å²) in [5, 5.41) is 29.6. The first-order valence-corrected chi connectivity index (χ1v) is 10.7. The van der Waals surface area contributed by atoms with Crippen LogP contribution in [0.3, 0.4) is 0 Å². The SMILES string of the molecule is Cn1nc(Nc2cccc(-c3ccccc3)c2Br)c2ncc(NC(C)(CO)C(=O)O)cc21. The molecule has 0 amide bonds. The van der Waals surface area contributed by atoms with Crippen molar-refractivity contribution in [3.8, 4) is 11.1 Å². The Morgan fingerprint density at radius 1 is 1.19 bits per heavy atom. The Bertz CT molecular complexity index is 1290. The molecule has 4 N–H and O–H groups in total. The van der Waals surface area contributed by atoms with Gasteiger partial charge in [0.25, 0.3) is 0 Å². The van der Waals surface area contributed by atoms with Gasteiger partial charge in [0.05, 0.1) is 29.7 Å². The highest BCUT2D eigenvalue weighted by Crippen LogP contribution is 2.36. The van der Waals surface area contributed by atoms with Crippen LogP contribution in [-0.2, 0) is 11.8 Å². The molecule has 1 unspecified atom stereocenters. The molecular weight excluding hydrogens is 474 g/mol. The molecule has 164 valence electrons. The second kappa shape index (κ2) is 8.60. The number of benzene rings is 2. The predicted molar refractivity (Wildman–Crippen MR) is 128 cm³/mol. The van der Waals surface area contributed by atoms with Crippen molar-refractivity contribution in [2.45, 2.75) is 12.5 Å². The number of nitrogens with one attached hydrogen (secondary N) is 2. The normalized spacial score (nSPS) is 13.0. The number of carboxylic acid groups (broad SMARTS) is 1. The van der Waals surface area contributed by atoms with Crippen LogP contribution in [-0.4, -0.2) is 43.1 Å². The minimum absolute atomic E-state index is 0.471. The van der Waals surface area contributed by atoms with Gasteiger partial charge in [-0.05, 0) is 46.1 Å². The summed E-state index contributed by atoms with van der Waals surface area (Å²) < 4.78 is 2.57. The maximum atomic E-state index is 11.5. The highest BCUT2D eigenvalue weighted by Gasteiger charge is 2.32. The van der Waals surface area contributed by atoms with Gasteiger partial charge in [-0.15, -0.1) is 0 Å². The van der Waals surface area contributed by atoms with E-state index in [1.54, 1.807) is 17.8 Å². The first-order chi connectivity index (χ1) is 15.3. The van der Waals surface area contributed by atoms with E-state index in [1.165, 1.54) is 13.1 Å². The van der Waals surface area contributed by atoms with Crippen LogP contribution in [0.25, 0.3) is 22.2 Å². The third-order valence-electron chi connectivity index (χ3n) is 5.24. The van der Waals surface area contributed by atoms with E-state index in [-0.39, 0.29) is 0 Å². The molecule has 4 aromatic rings. The van der Waals surface area contributed by atoms with E-state index in [2.05, 4.69) is 36.6 Å². The number of carboxylic acids is 1. The zero-order valence-electron chi connectivity index (χ0n) is 17.5. The molecule has 32 heavy (non-hydrogen) atoms. The van der Waals surface area contributed by atoms with Crippen LogP contribution in [0.5, 0.6) is 0 Å². The second-order valence-corrected chi connectivity index (χ2v) is 8.44. The number of hydrogen-bond acceptors (Lipinski definition) is 6. The third-order valence-corrected chi connectivity index (χ3v) is 6.09. The summed E-state index contributed by atoms with van der Waals surface area (Å²) in [6.45, 7) is 0.845. The Kier molecular flexibility index (Phi) is 5.86. The second-order valence-electron chi connectivity index (χ2n) is 7.64. The molecule has 2 heterocycles. The van der Waals surface area contributed by atoms with Crippen molar-refractivity contribution < 1.29 is 15.0 Å². The Balaban J connectivity index is 1.68. The smallest absolute Gasteiger partial charge is 0.331 e. The fourth-order valence-corrected chi connectivity index (χ4v) is 3.95. The Morgan fingerprint density at radius 2 is 1.94 bits per heavy atom. The number of nitrogens with zero attached hydrogens (tertiary/aromatic N) is 3. The number of aryl methyl sites for hydroxylation is 1. The van der Waals surface area contributed by atoms with Crippen LogP contribution in [0.4, 0.5) is 17.2 Å². The summed E-state index contributed by atoms with van der Waals surface area (Å²) in [6, 6.07) is 17.8. The van der Waals surface area contributed by atoms with Gasteiger partial charge in [-0.3, -0.25) is 4.68 Å². The van der Waals surface area contributed by atoms with Crippen molar-refractivity contribution in [2.24, 2.45) is 7.05 Å². The quantitative estimate of drug-likeness (QED) is 0.300. The summed E-state index contributed by atoms with van der Waals surface area (Å²) in [5.74, 6) is -0.585. The van der Waals surface area contributed by atoms with E-state index in [4.69, 9.17) is 0 Å². The number of aliphatic hydroxyl groups excluding tert-OH is 1. The molecule has 1 atom stereocenters. The molecule has 0 aliphatic carbocycles. The highest BCUT2D eigenvalue weighted by molar-refractivity contribution is 9.10. The lowest BCUT2D eigenvalue weighted by Crippen LogP contribution is -2.46. The molecule has 2 aromatic carbocycles. The number of aromatic nitrogens is 3. The molecule has 0 saturated heterocycles. The van der Waals surface area contributed by atoms with Crippen molar-refractivity contribution in [1.82, 2.24) is 14.8 Å². The maximum absolute atomic E-state index is 11.5. The number of hydrogen-bond donors (Lipinski definition) is 4. The topological polar surface area (TPSA) is 112 Å². The van der Waals surface area contributed by atoms with Crippen LogP contribution in [0.1, 0.15) is 6.92 Å². The van der Waals surface area contributed by atoms with E-state index in [0.29, 0.717) is 22.5 Å². The van der Waals surface area contributed by atoms with Crippen LogP contribution in [0.15, 0.2) is 65.3 Å². The van der Waals surface area contributed by atoms with Crippen LogP contribution < -0.4 is 10.6 Å². The van der Waals surface area contributed by atoms with Crippen molar-refractivity contribution >= 4 is 50.1 Å². The minimum Gasteiger partial charge on any atom is -0.479 e. The molecule has 9 heteroatoms. The first kappa shape index (κ1) is 21.8. The van der Waals surface area contributed by atoms with Gasteiger partial charge in [0, 0.05) is 11.5 Å². The Morgan fingerprint density at radius 3 is 2.62 bits per heavy atom. The van der Waals surface area contributed by atoms with Gasteiger partial charge in [-0.2, -0.15) is 5.10 Å². The molecule has 0 spiro atoms. The summed E-state index contributed by atoms with van der Waals surface area (Å²) in [6.07, 6.45) is 1.53. The molecule has 0 bridgehead atoms. The minimum atomic E-state index is -1.52. The summed E-state index contributed by atoms with van der Waals surface area (Å²) in [4.78, 5) is 16.0. The van der Waals surface area contributed by atoms with Gasteiger partial charge in [0.15, 0.2) is 11.4 Å². The third kappa shape index (κ3) is 4.04. The average Bonchev–Trinajstić information content (AvgIpc) is 3.10. The van der Waals surface area contributed by atoms with Crippen LogP contribution in [0, 0.1) is 0 Å². The average molecular weight is 496 g/mol. The van der Waals surface area contributed by atoms with Crippen LogP contribution >= 0.6 is 15.9 Å². The Labute approximate surface area is 193 Å². The van der Waals surface area contributed by atoms with Gasteiger partial charge < -0.3 is 20.8 Å². The molecule has 4 rings (SSSR count). The van der Waals surface area contributed by atoms with Crippen molar-refractivity contribution in [2.75, 3.05) is 17.2 Å². The lowest BCUT2D eigenvalue weighted by Gasteiger charge is -2.24. The van der Waals surface area contributed by atoms with Gasteiger partial charge in [0.2, 0.25) is 0 Å². The van der Waals surface area contributed by atoms with Crippen molar-refractivity contribution in [1.29, 1.82) is 0 Å². The molecule has 0 aliphatic heterocycles. The number of anilines is 3. The Hall–Kier alpha value is -3.43. The molecule has 0 saturated carbocycles. The zero-order chi connectivity index (χ0) is 22.9. The summed E-state index contributed by atoms with van der Waals surface area (Å²) in [7, 11) is 1.79. The highest BCUT2D eigenvalue weighted by atomic mass is 79.9. The largest absolute Gasteiger partial charge is 0.479 e. The molecule has 0 fully saturated rings. The number of aliphatic hydroxyl groups is 1. The number of fused-ring (bicyclic) bond motifs is 1.